The summed E-state index contributed by atoms with van der Waals surface area (Å²) in [6.45, 7) is 0. The monoisotopic (exact) mass is 193 g/mol. The van der Waals surface area contributed by atoms with E-state index >= 15 is 0 Å². The molecule has 0 atom stereocenters. The minimum Gasteiger partial charge on any atom is -0.204 e. The van der Waals surface area contributed by atoms with Gasteiger partial charge in [-0.3, -0.25) is 0 Å². The molecule has 0 aliphatic carbocycles. The molecule has 1 aromatic rings. The van der Waals surface area contributed by atoms with Gasteiger partial charge in [0.1, 0.15) is 6.07 Å². The van der Waals surface area contributed by atoms with Gasteiger partial charge in [-0.15, -0.1) is 11.6 Å². The Kier molecular flexibility index (Phi) is 3.31. The molecule has 3 heteroatoms. The summed E-state index contributed by atoms with van der Waals surface area (Å²) < 4.78 is 13.2. The van der Waals surface area contributed by atoms with Crippen LogP contribution in [0.5, 0.6) is 0 Å². The molecular formula is C10H5ClFN. The Morgan fingerprint density at radius 3 is 2.69 bits per heavy atom. The van der Waals surface area contributed by atoms with Crippen LogP contribution in [0.2, 0.25) is 0 Å². The largest absolute Gasteiger partial charge is 0.204 e. The van der Waals surface area contributed by atoms with E-state index in [-0.39, 0.29) is 17.0 Å². The second kappa shape index (κ2) is 4.50. The zero-order valence-electron chi connectivity index (χ0n) is 6.64. The third-order valence-corrected chi connectivity index (χ3v) is 1.54. The summed E-state index contributed by atoms with van der Waals surface area (Å²) in [7, 11) is 0. The van der Waals surface area contributed by atoms with Crippen molar-refractivity contribution < 1.29 is 4.39 Å². The van der Waals surface area contributed by atoms with Gasteiger partial charge >= 0.3 is 0 Å². The topological polar surface area (TPSA) is 23.8 Å². The molecule has 1 rings (SSSR count). The highest BCUT2D eigenvalue weighted by atomic mass is 35.5. The molecule has 64 valence electrons. The number of rotatable bonds is 0. The highest BCUT2D eigenvalue weighted by molar-refractivity contribution is 6.19. The normalized spacial score (nSPS) is 8.38. The van der Waals surface area contributed by atoms with E-state index in [2.05, 4.69) is 11.8 Å². The minimum atomic E-state index is -0.581. The Morgan fingerprint density at radius 1 is 1.38 bits per heavy atom. The van der Waals surface area contributed by atoms with E-state index in [0.29, 0.717) is 0 Å². The van der Waals surface area contributed by atoms with E-state index in [1.54, 1.807) is 12.1 Å². The van der Waals surface area contributed by atoms with Gasteiger partial charge in [-0.1, -0.05) is 17.9 Å². The number of hydrogen-bond donors (Lipinski definition) is 0. The van der Waals surface area contributed by atoms with E-state index in [0.717, 1.165) is 0 Å². The highest BCUT2D eigenvalue weighted by Crippen LogP contribution is 2.10. The van der Waals surface area contributed by atoms with Crippen molar-refractivity contribution in [1.29, 1.82) is 5.26 Å². The van der Waals surface area contributed by atoms with Crippen LogP contribution in [-0.2, 0) is 0 Å². The fourth-order valence-corrected chi connectivity index (χ4v) is 0.910. The fraction of sp³-hybridized carbons (Fsp3) is 0.100. The summed E-state index contributed by atoms with van der Waals surface area (Å²) in [5.74, 6) is 4.62. The van der Waals surface area contributed by atoms with Gasteiger partial charge in [0.15, 0.2) is 5.82 Å². The van der Waals surface area contributed by atoms with Crippen LogP contribution in [0.3, 0.4) is 0 Å². The average Bonchev–Trinajstić information content (AvgIpc) is 2.16. The Bertz CT molecular complexity index is 409. The van der Waals surface area contributed by atoms with Crippen LogP contribution in [0.4, 0.5) is 4.39 Å². The van der Waals surface area contributed by atoms with E-state index in [1.165, 1.54) is 12.1 Å². The number of alkyl halides is 1. The van der Waals surface area contributed by atoms with Crippen LogP contribution in [0, 0.1) is 29.0 Å². The molecule has 1 nitrogen and oxygen atoms in total. The first-order chi connectivity index (χ1) is 6.29. The second-order valence-corrected chi connectivity index (χ2v) is 2.48. The summed E-state index contributed by atoms with van der Waals surface area (Å²) in [6.07, 6.45) is 0. The van der Waals surface area contributed by atoms with Gasteiger partial charge < -0.3 is 0 Å². The first kappa shape index (κ1) is 9.58. The van der Waals surface area contributed by atoms with Crippen molar-refractivity contribution in [2.45, 2.75) is 0 Å². The van der Waals surface area contributed by atoms with Gasteiger partial charge in [0.05, 0.1) is 17.0 Å². The molecule has 13 heavy (non-hydrogen) atoms. The van der Waals surface area contributed by atoms with E-state index in [1.807, 2.05) is 0 Å². The first-order valence-electron chi connectivity index (χ1n) is 3.53. The molecule has 0 N–H and O–H groups in total. The van der Waals surface area contributed by atoms with Crippen molar-refractivity contribution in [3.8, 4) is 17.9 Å². The van der Waals surface area contributed by atoms with Gasteiger partial charge in [-0.05, 0) is 12.1 Å². The van der Waals surface area contributed by atoms with Crippen LogP contribution >= 0.6 is 11.6 Å². The number of hydrogen-bond acceptors (Lipinski definition) is 1. The minimum absolute atomic E-state index is 0.00127. The fourth-order valence-electron chi connectivity index (χ4n) is 0.843. The van der Waals surface area contributed by atoms with Gasteiger partial charge in [0.25, 0.3) is 0 Å². The van der Waals surface area contributed by atoms with Gasteiger partial charge in [-0.25, -0.2) is 4.39 Å². The molecule has 0 saturated heterocycles. The molecule has 0 aliphatic heterocycles. The van der Waals surface area contributed by atoms with E-state index < -0.39 is 5.82 Å². The van der Waals surface area contributed by atoms with E-state index in [4.69, 9.17) is 16.9 Å². The summed E-state index contributed by atoms with van der Waals surface area (Å²) in [5, 5.41) is 8.50. The molecule has 1 aromatic carbocycles. The zero-order chi connectivity index (χ0) is 9.68. The predicted molar refractivity (Wildman–Crippen MR) is 48.7 cm³/mol. The maximum absolute atomic E-state index is 13.2. The van der Waals surface area contributed by atoms with Crippen LogP contribution in [0.25, 0.3) is 0 Å². The molecule has 0 aliphatic rings. The van der Waals surface area contributed by atoms with Gasteiger partial charge in [0, 0.05) is 0 Å². The Balaban J connectivity index is 3.18. The van der Waals surface area contributed by atoms with Crippen molar-refractivity contribution >= 4 is 11.6 Å². The third kappa shape index (κ3) is 2.21. The number of halogens is 2. The van der Waals surface area contributed by atoms with Crippen molar-refractivity contribution in [2.75, 3.05) is 5.88 Å². The maximum atomic E-state index is 13.2. The molecule has 0 aromatic heterocycles. The van der Waals surface area contributed by atoms with E-state index in [9.17, 15) is 4.39 Å². The smallest absolute Gasteiger partial charge is 0.156 e. The van der Waals surface area contributed by atoms with Crippen LogP contribution < -0.4 is 0 Å². The van der Waals surface area contributed by atoms with Crippen molar-refractivity contribution in [3.05, 3.63) is 35.1 Å². The molecule has 0 saturated carbocycles. The number of nitriles is 1. The Morgan fingerprint density at radius 2 is 2.08 bits per heavy atom. The SMILES string of the molecule is N#Cc1cccc(C#CCCl)c1F. The standard InChI is InChI=1S/C10H5ClFN/c11-6-2-5-8-3-1-4-9(7-13)10(8)12/h1,3-4H,6H2. The maximum Gasteiger partial charge on any atom is 0.156 e. The number of nitrogens with zero attached hydrogens (tertiary/aromatic N) is 1. The average molecular weight is 194 g/mol. The van der Waals surface area contributed by atoms with Crippen LogP contribution in [0.1, 0.15) is 11.1 Å². The molecule has 0 fully saturated rings. The number of benzene rings is 1. The quantitative estimate of drug-likeness (QED) is 0.458. The summed E-state index contributed by atoms with van der Waals surface area (Å²) in [6, 6.07) is 6.23. The van der Waals surface area contributed by atoms with Crippen molar-refractivity contribution in [1.82, 2.24) is 0 Å². The summed E-state index contributed by atoms with van der Waals surface area (Å²) >= 11 is 5.32. The molecule has 0 amide bonds. The van der Waals surface area contributed by atoms with Crippen molar-refractivity contribution in [3.63, 3.8) is 0 Å². The summed E-state index contributed by atoms with van der Waals surface area (Å²) in [4.78, 5) is 0. The zero-order valence-corrected chi connectivity index (χ0v) is 7.40. The van der Waals surface area contributed by atoms with Crippen LogP contribution in [0.15, 0.2) is 18.2 Å². The lowest BCUT2D eigenvalue weighted by Crippen LogP contribution is -1.88. The molecule has 0 bridgehead atoms. The molecular weight excluding hydrogens is 189 g/mol. The van der Waals surface area contributed by atoms with Crippen molar-refractivity contribution in [2.24, 2.45) is 0 Å². The lowest BCUT2D eigenvalue weighted by molar-refractivity contribution is 0.620. The van der Waals surface area contributed by atoms with Gasteiger partial charge in [0.2, 0.25) is 0 Å². The Labute approximate surface area is 80.8 Å². The third-order valence-electron chi connectivity index (χ3n) is 1.41. The molecule has 0 heterocycles. The second-order valence-electron chi connectivity index (χ2n) is 2.21. The molecule has 0 radical (unpaired) electrons. The first-order valence-corrected chi connectivity index (χ1v) is 4.06. The molecule has 0 spiro atoms. The van der Waals surface area contributed by atoms with Gasteiger partial charge in [-0.2, -0.15) is 5.26 Å². The highest BCUT2D eigenvalue weighted by Gasteiger charge is 2.03. The summed E-state index contributed by atoms with van der Waals surface area (Å²) in [5.41, 5.74) is 0.209. The van der Waals surface area contributed by atoms with Crippen LogP contribution in [-0.4, -0.2) is 5.88 Å². The predicted octanol–water partition coefficient (Wildman–Crippen LogP) is 2.29. The Hall–Kier alpha value is -1.51. The lowest BCUT2D eigenvalue weighted by Gasteiger charge is -1.94. The lowest BCUT2D eigenvalue weighted by atomic mass is 10.1. The molecule has 0 unspecified atom stereocenters.